The van der Waals surface area contributed by atoms with Crippen molar-refractivity contribution in [3.8, 4) is 22.5 Å². The largest absolute Gasteiger partial charge is 0.318 e. The van der Waals surface area contributed by atoms with Gasteiger partial charge in [-0.15, -0.1) is 11.3 Å². The molecule has 0 atom stereocenters. The molecule has 0 aliphatic rings. The van der Waals surface area contributed by atoms with E-state index in [9.17, 15) is 9.59 Å². The Morgan fingerprint density at radius 1 is 0.829 bits per heavy atom. The molecule has 0 bridgehead atoms. The van der Waals surface area contributed by atoms with Crippen LogP contribution in [-0.4, -0.2) is 25.7 Å². The van der Waals surface area contributed by atoms with Crippen LogP contribution in [0.25, 0.3) is 32.7 Å². The summed E-state index contributed by atoms with van der Waals surface area (Å²) in [7, 11) is 0. The first kappa shape index (κ1) is 27.0. The second-order valence-corrected chi connectivity index (χ2v) is 12.3. The molecule has 0 amide bonds. The zero-order chi connectivity index (χ0) is 28.7. The molecule has 0 radical (unpaired) electrons. The van der Waals surface area contributed by atoms with Gasteiger partial charge in [0.15, 0.2) is 10.9 Å². The van der Waals surface area contributed by atoms with Gasteiger partial charge in [-0.05, 0) is 63.6 Å². The molecule has 204 valence electrons. The number of carbonyl (C=O) groups is 1. The summed E-state index contributed by atoms with van der Waals surface area (Å²) < 4.78 is 3.76. The normalized spacial score (nSPS) is 11.3. The zero-order valence-electron chi connectivity index (χ0n) is 23.3. The third kappa shape index (κ3) is 4.96. The lowest BCUT2D eigenvalue weighted by Gasteiger charge is -2.13. The Morgan fingerprint density at radius 2 is 1.46 bits per heavy atom. The molecule has 6 rings (SSSR count). The molecule has 0 saturated heterocycles. The van der Waals surface area contributed by atoms with Crippen molar-refractivity contribution in [3.63, 3.8) is 0 Å². The quantitative estimate of drug-likeness (QED) is 0.110. The lowest BCUT2D eigenvalue weighted by atomic mass is 10.0. The molecule has 0 N–H and O–H groups in total. The maximum Gasteiger partial charge on any atom is 0.268 e. The van der Waals surface area contributed by atoms with Crippen LogP contribution in [0, 0.1) is 27.7 Å². The first-order valence-electron chi connectivity index (χ1n) is 13.4. The van der Waals surface area contributed by atoms with Crippen molar-refractivity contribution in [1.82, 2.24) is 14.1 Å². The highest BCUT2D eigenvalue weighted by atomic mass is 32.2. The number of aryl methyl sites for hydroxylation is 3. The van der Waals surface area contributed by atoms with Crippen LogP contribution in [0.4, 0.5) is 0 Å². The number of rotatable bonds is 7. The van der Waals surface area contributed by atoms with Gasteiger partial charge in [0.1, 0.15) is 4.83 Å². The van der Waals surface area contributed by atoms with Gasteiger partial charge >= 0.3 is 0 Å². The smallest absolute Gasteiger partial charge is 0.268 e. The van der Waals surface area contributed by atoms with Crippen LogP contribution in [0.3, 0.4) is 0 Å². The number of Topliss-reactive ketones (excluding diaryl/α,β-unsaturated/α-hetero) is 1. The minimum absolute atomic E-state index is 0.00255. The van der Waals surface area contributed by atoms with Gasteiger partial charge in [-0.25, -0.2) is 4.98 Å². The lowest BCUT2D eigenvalue weighted by molar-refractivity contribution is 0.102. The van der Waals surface area contributed by atoms with E-state index in [4.69, 9.17) is 4.98 Å². The number of nitrogens with zero attached hydrogens (tertiary/aromatic N) is 3. The number of thioether (sulfide) groups is 1. The van der Waals surface area contributed by atoms with E-state index in [1.54, 1.807) is 4.57 Å². The summed E-state index contributed by atoms with van der Waals surface area (Å²) in [4.78, 5) is 34.5. The van der Waals surface area contributed by atoms with Crippen molar-refractivity contribution in [1.29, 1.82) is 0 Å². The lowest BCUT2D eigenvalue weighted by Crippen LogP contribution is -2.22. The molecule has 41 heavy (non-hydrogen) atoms. The van der Waals surface area contributed by atoms with Gasteiger partial charge in [-0.1, -0.05) is 78.0 Å². The average Bonchev–Trinajstić information content (AvgIpc) is 3.48. The predicted octanol–water partition coefficient (Wildman–Crippen LogP) is 8.11. The third-order valence-corrected chi connectivity index (χ3v) is 9.24. The topological polar surface area (TPSA) is 56.9 Å². The molecule has 3 heterocycles. The second kappa shape index (κ2) is 11.0. The number of ketones is 1. The molecule has 0 spiro atoms. The van der Waals surface area contributed by atoms with E-state index < -0.39 is 0 Å². The summed E-state index contributed by atoms with van der Waals surface area (Å²) in [6.45, 7) is 8.09. The van der Waals surface area contributed by atoms with Gasteiger partial charge in [0.2, 0.25) is 0 Å². The van der Waals surface area contributed by atoms with Crippen molar-refractivity contribution >= 4 is 39.1 Å². The number of benzene rings is 3. The maximum absolute atomic E-state index is 14.2. The van der Waals surface area contributed by atoms with Crippen molar-refractivity contribution in [2.24, 2.45) is 0 Å². The minimum atomic E-state index is -0.128. The van der Waals surface area contributed by atoms with Crippen LogP contribution in [0.1, 0.15) is 32.2 Å². The Bertz CT molecular complexity index is 1950. The van der Waals surface area contributed by atoms with Gasteiger partial charge in [0.05, 0.1) is 16.8 Å². The second-order valence-electron chi connectivity index (χ2n) is 10.1. The van der Waals surface area contributed by atoms with Crippen LogP contribution in [0.5, 0.6) is 0 Å². The van der Waals surface area contributed by atoms with Gasteiger partial charge in [-0.2, -0.15) is 0 Å². The number of fused-ring (bicyclic) bond motifs is 1. The molecule has 0 unspecified atom stereocenters. The van der Waals surface area contributed by atoms with E-state index in [0.29, 0.717) is 20.9 Å². The van der Waals surface area contributed by atoms with E-state index >= 15 is 0 Å². The fourth-order valence-electron chi connectivity index (χ4n) is 5.34. The molecule has 3 aromatic heterocycles. The van der Waals surface area contributed by atoms with Gasteiger partial charge in [0.25, 0.3) is 5.56 Å². The first-order valence-corrected chi connectivity index (χ1v) is 15.2. The Kier molecular flexibility index (Phi) is 7.24. The molecule has 0 aliphatic carbocycles. The number of para-hydroxylation sites is 1. The SMILES string of the molecule is Cc1ccc(-n2c(C)cc(C(=O)CSc3nc4sc(C)c(-c5ccccc5)c4c(=O)n3-c3ccccc3)c2C)cc1. The van der Waals surface area contributed by atoms with E-state index in [1.807, 2.05) is 87.5 Å². The predicted molar refractivity (Wildman–Crippen MR) is 170 cm³/mol. The highest BCUT2D eigenvalue weighted by Crippen LogP contribution is 2.37. The molecule has 6 aromatic rings. The zero-order valence-corrected chi connectivity index (χ0v) is 25.0. The highest BCUT2D eigenvalue weighted by molar-refractivity contribution is 7.99. The standard InChI is InChI=1S/C34H29N3O2S2/c1-21-15-17-27(18-16-21)36-22(2)19-28(23(36)3)29(38)20-40-34-35-32-31(33(39)37(34)26-13-9-6-10-14-26)30(24(4)41-32)25-11-7-5-8-12-25/h5-19H,20H2,1-4H3. The number of carbonyl (C=O) groups excluding carboxylic acids is 1. The molecule has 0 saturated carbocycles. The van der Waals surface area contributed by atoms with Crippen LogP contribution in [-0.2, 0) is 0 Å². The molecule has 3 aromatic carbocycles. The van der Waals surface area contributed by atoms with E-state index in [0.717, 1.165) is 38.8 Å². The molecule has 5 nitrogen and oxygen atoms in total. The van der Waals surface area contributed by atoms with Crippen molar-refractivity contribution in [2.45, 2.75) is 32.9 Å². The van der Waals surface area contributed by atoms with Crippen LogP contribution < -0.4 is 5.56 Å². The summed E-state index contributed by atoms with van der Waals surface area (Å²) in [6.07, 6.45) is 0. The first-order chi connectivity index (χ1) is 19.8. The van der Waals surface area contributed by atoms with Gasteiger partial charge < -0.3 is 4.57 Å². The molecule has 0 aliphatic heterocycles. The van der Waals surface area contributed by atoms with Crippen molar-refractivity contribution in [3.05, 3.63) is 129 Å². The molecular weight excluding hydrogens is 547 g/mol. The van der Waals surface area contributed by atoms with Gasteiger partial charge in [-0.3, -0.25) is 14.2 Å². The highest BCUT2D eigenvalue weighted by Gasteiger charge is 2.23. The Balaban J connectivity index is 1.40. The third-order valence-electron chi connectivity index (χ3n) is 7.30. The Hall–Kier alpha value is -4.20. The summed E-state index contributed by atoms with van der Waals surface area (Å²) in [5, 5.41) is 1.12. The fraction of sp³-hybridized carbons (Fsp3) is 0.147. The van der Waals surface area contributed by atoms with Crippen molar-refractivity contribution in [2.75, 3.05) is 5.75 Å². The summed E-state index contributed by atoms with van der Waals surface area (Å²) >= 11 is 2.82. The summed E-state index contributed by atoms with van der Waals surface area (Å²) in [5.74, 6) is 0.168. The Morgan fingerprint density at radius 3 is 2.15 bits per heavy atom. The molecule has 0 fully saturated rings. The minimum Gasteiger partial charge on any atom is -0.318 e. The maximum atomic E-state index is 14.2. The molecular formula is C34H29N3O2S2. The monoisotopic (exact) mass is 575 g/mol. The summed E-state index contributed by atoms with van der Waals surface area (Å²) in [5.41, 5.74) is 7.32. The average molecular weight is 576 g/mol. The summed E-state index contributed by atoms with van der Waals surface area (Å²) in [6, 6.07) is 29.8. The van der Waals surface area contributed by atoms with Crippen LogP contribution in [0.15, 0.2) is 101 Å². The van der Waals surface area contributed by atoms with E-state index in [2.05, 4.69) is 35.8 Å². The number of hydrogen-bond donors (Lipinski definition) is 0. The number of aromatic nitrogens is 3. The molecule has 7 heteroatoms. The van der Waals surface area contributed by atoms with Gasteiger partial charge in [0, 0.05) is 33.1 Å². The number of hydrogen-bond acceptors (Lipinski definition) is 5. The van der Waals surface area contributed by atoms with Crippen molar-refractivity contribution < 1.29 is 4.79 Å². The Labute approximate surface area is 247 Å². The number of thiophene rings is 1. The fourth-order valence-corrected chi connectivity index (χ4v) is 7.32. The van der Waals surface area contributed by atoms with Crippen LogP contribution >= 0.6 is 23.1 Å². The van der Waals surface area contributed by atoms with E-state index in [1.165, 1.54) is 28.7 Å². The van der Waals surface area contributed by atoms with E-state index in [-0.39, 0.29) is 17.1 Å². The van der Waals surface area contributed by atoms with Crippen LogP contribution in [0.2, 0.25) is 0 Å².